The molecule has 58 heavy (non-hydrogen) atoms. The van der Waals surface area contributed by atoms with Crippen molar-refractivity contribution < 1.29 is 52.2 Å². The van der Waals surface area contributed by atoms with Crippen LogP contribution in [0.5, 0.6) is 0 Å². The molecule has 5 fully saturated rings. The number of ketones is 2. The van der Waals surface area contributed by atoms with Gasteiger partial charge in [-0.3, -0.25) is 9.59 Å². The monoisotopic (exact) mass is 823 g/mol. The molecule has 0 spiro atoms. The summed E-state index contributed by atoms with van der Waals surface area (Å²) in [5.41, 5.74) is 0. The maximum Gasteiger partial charge on any atom is 0.162 e. The van der Waals surface area contributed by atoms with Crippen LogP contribution in [-0.2, 0) is 52.2 Å². The molecule has 0 aromatic heterocycles. The minimum atomic E-state index is -0.800. The van der Waals surface area contributed by atoms with E-state index in [9.17, 15) is 9.59 Å². The first-order valence-electron chi connectivity index (χ1n) is 23.2. The maximum absolute atomic E-state index is 13.3. The molecule has 5 saturated heterocycles. The Morgan fingerprint density at radius 3 is 1.07 bits per heavy atom. The third-order valence-electron chi connectivity index (χ3n) is 16.2. The van der Waals surface area contributed by atoms with E-state index in [0.29, 0.717) is 24.2 Å². The minimum Gasteiger partial charge on any atom is -0.372 e. The van der Waals surface area contributed by atoms with Crippen molar-refractivity contribution in [2.45, 2.75) is 223 Å². The Kier molecular flexibility index (Phi) is 16.6. The van der Waals surface area contributed by atoms with E-state index in [0.717, 1.165) is 12.8 Å². The molecule has 5 heterocycles. The zero-order chi connectivity index (χ0) is 43.1. The van der Waals surface area contributed by atoms with Gasteiger partial charge in [-0.05, 0) is 81.5 Å². The number of Topliss-reactive ketones (excluding diaryl/α,β-unsaturated/α-hetero) is 2. The SMILES string of the molecule is CCC1O[C@H](O[C@@H]2C(C(C)=O)O[C@@H](O[C@@H]3C(CC)O[C@@H](O[C@H]4C(C(C)=O)O[C@@H](O[C@@H]5C(CC)OC(C)C(C)[C@H]5C)[C@@H](C)C4C)C(C)[C@H]3C)C(C)[C@H]2C)C(C)[C@@H](C)[C@@H]1C. The molecule has 25 atom stereocenters. The average molecular weight is 823 g/mol. The second-order valence-electron chi connectivity index (χ2n) is 19.6. The summed E-state index contributed by atoms with van der Waals surface area (Å²) in [6, 6.07) is 0. The Labute approximate surface area is 351 Å². The van der Waals surface area contributed by atoms with E-state index < -0.39 is 49.6 Å². The van der Waals surface area contributed by atoms with Crippen molar-refractivity contribution in [1.29, 1.82) is 0 Å². The second kappa shape index (κ2) is 20.0. The molecule has 0 radical (unpaired) electrons. The van der Waals surface area contributed by atoms with Gasteiger partial charge in [0.05, 0.1) is 48.8 Å². The number of carbonyl (C=O) groups is 2. The van der Waals surface area contributed by atoms with Crippen molar-refractivity contribution in [3.8, 4) is 0 Å². The van der Waals surface area contributed by atoms with Gasteiger partial charge < -0.3 is 42.6 Å². The lowest BCUT2D eigenvalue weighted by Crippen LogP contribution is -2.60. The van der Waals surface area contributed by atoms with Gasteiger partial charge in [-0.25, -0.2) is 0 Å². The molecule has 336 valence electrons. The summed E-state index contributed by atoms with van der Waals surface area (Å²) >= 11 is 0. The minimum absolute atomic E-state index is 0.0118. The lowest BCUT2D eigenvalue weighted by molar-refractivity contribution is -0.357. The van der Waals surface area contributed by atoms with E-state index in [-0.39, 0.29) is 95.5 Å². The lowest BCUT2D eigenvalue weighted by atomic mass is 9.78. The normalized spacial score (nSPS) is 51.6. The highest BCUT2D eigenvalue weighted by molar-refractivity contribution is 5.81. The Balaban J connectivity index is 1.26. The van der Waals surface area contributed by atoms with E-state index in [1.165, 1.54) is 0 Å². The fraction of sp³-hybridized carbons (Fsp3) is 0.957. The smallest absolute Gasteiger partial charge is 0.162 e. The standard InChI is InChI=1S/C47H82O11/c1-18-35-23(6)21(4)28(11)44(51-35)55-40-26(9)31(14)47(58-42(40)32(15)48)54-39-25(8)29(12)45(52-37(39)20-3)56-41-27(10)30(13)46(57-43(41)33(16)49)53-38-24(7)22(5)34(17)50-36(38)19-2/h21-31,34-47H,18-20H2,1-17H3/t21-,22?,23-,24+,25+,26+,27?,28?,29?,30-,31?,34?,35?,36?,37?,38-,39-,40-,41+,42?,43?,44+,45-,46+,47+/m0/s1. The summed E-state index contributed by atoms with van der Waals surface area (Å²) in [5.74, 6) is 1.19. The molecule has 11 unspecified atom stereocenters. The quantitative estimate of drug-likeness (QED) is 0.178. The first-order valence-corrected chi connectivity index (χ1v) is 23.2. The van der Waals surface area contributed by atoms with Crippen LogP contribution in [0.15, 0.2) is 0 Å². The van der Waals surface area contributed by atoms with Gasteiger partial charge in [-0.1, -0.05) is 96.9 Å². The van der Waals surface area contributed by atoms with Crippen molar-refractivity contribution in [1.82, 2.24) is 0 Å². The molecule has 11 nitrogen and oxygen atoms in total. The fourth-order valence-corrected chi connectivity index (χ4v) is 10.5. The molecule has 0 aromatic rings. The van der Waals surface area contributed by atoms with E-state index in [1.54, 1.807) is 13.8 Å². The van der Waals surface area contributed by atoms with Gasteiger partial charge in [0, 0.05) is 23.7 Å². The van der Waals surface area contributed by atoms with Crippen molar-refractivity contribution in [2.75, 3.05) is 0 Å². The zero-order valence-electron chi connectivity index (χ0n) is 39.0. The molecular formula is C47H82O11. The second-order valence-corrected chi connectivity index (χ2v) is 19.6. The maximum atomic E-state index is 13.3. The third kappa shape index (κ3) is 9.63. The molecule has 5 rings (SSSR count). The summed E-state index contributed by atoms with van der Waals surface area (Å²) in [6.07, 6.45) is -2.84. The first kappa shape index (κ1) is 48.0. The average Bonchev–Trinajstić information content (AvgIpc) is 3.19. The molecule has 0 saturated carbocycles. The highest BCUT2D eigenvalue weighted by atomic mass is 16.7. The van der Waals surface area contributed by atoms with Gasteiger partial charge in [0.25, 0.3) is 0 Å². The van der Waals surface area contributed by atoms with E-state index in [2.05, 4.69) is 104 Å². The van der Waals surface area contributed by atoms with Crippen molar-refractivity contribution in [3.05, 3.63) is 0 Å². The topological polar surface area (TPSA) is 117 Å². The van der Waals surface area contributed by atoms with Crippen molar-refractivity contribution in [3.63, 3.8) is 0 Å². The van der Waals surface area contributed by atoms with Crippen LogP contribution in [0.1, 0.15) is 137 Å². The first-order chi connectivity index (χ1) is 27.3. The Bertz CT molecular complexity index is 1340. The van der Waals surface area contributed by atoms with Gasteiger partial charge in [-0.2, -0.15) is 0 Å². The van der Waals surface area contributed by atoms with Crippen molar-refractivity contribution in [2.24, 2.45) is 65.1 Å². The molecule has 0 aliphatic carbocycles. The van der Waals surface area contributed by atoms with Crippen LogP contribution in [0.2, 0.25) is 0 Å². The molecule has 0 bridgehead atoms. The summed E-state index contributed by atoms with van der Waals surface area (Å²) in [4.78, 5) is 26.5. The molecule has 0 aromatic carbocycles. The molecule has 5 aliphatic rings. The number of rotatable bonds is 13. The van der Waals surface area contributed by atoms with Gasteiger partial charge >= 0.3 is 0 Å². The van der Waals surface area contributed by atoms with Gasteiger partial charge in [0.2, 0.25) is 0 Å². The molecule has 0 amide bonds. The van der Waals surface area contributed by atoms with Crippen LogP contribution in [0.3, 0.4) is 0 Å². The predicted octanol–water partition coefficient (Wildman–Crippen LogP) is 8.62. The van der Waals surface area contributed by atoms with Crippen LogP contribution in [0.25, 0.3) is 0 Å². The summed E-state index contributed by atoms with van der Waals surface area (Å²) in [6.45, 7) is 35.6. The largest absolute Gasteiger partial charge is 0.372 e. The van der Waals surface area contributed by atoms with Gasteiger partial charge in [-0.15, -0.1) is 0 Å². The van der Waals surface area contributed by atoms with Crippen molar-refractivity contribution >= 4 is 11.6 Å². The van der Waals surface area contributed by atoms with Crippen LogP contribution in [0, 0.1) is 65.1 Å². The van der Waals surface area contributed by atoms with Crippen LogP contribution in [0.4, 0.5) is 0 Å². The fourth-order valence-electron chi connectivity index (χ4n) is 10.5. The number of hydrogen-bond acceptors (Lipinski definition) is 11. The lowest BCUT2D eigenvalue weighted by Gasteiger charge is -2.52. The van der Waals surface area contributed by atoms with E-state index >= 15 is 0 Å². The van der Waals surface area contributed by atoms with Crippen LogP contribution >= 0.6 is 0 Å². The number of ether oxygens (including phenoxy) is 9. The summed E-state index contributed by atoms with van der Waals surface area (Å²) < 4.78 is 60.2. The summed E-state index contributed by atoms with van der Waals surface area (Å²) in [7, 11) is 0. The molecule has 0 N–H and O–H groups in total. The van der Waals surface area contributed by atoms with Gasteiger partial charge in [0.15, 0.2) is 36.7 Å². The molecule has 5 aliphatic heterocycles. The predicted molar refractivity (Wildman–Crippen MR) is 222 cm³/mol. The van der Waals surface area contributed by atoms with Gasteiger partial charge in [0.1, 0.15) is 12.2 Å². The number of carbonyl (C=O) groups excluding carboxylic acids is 2. The van der Waals surface area contributed by atoms with E-state index in [1.807, 2.05) is 0 Å². The number of hydrogen-bond donors (Lipinski definition) is 0. The third-order valence-corrected chi connectivity index (χ3v) is 16.2. The molecule has 11 heteroatoms. The van der Waals surface area contributed by atoms with Crippen LogP contribution < -0.4 is 0 Å². The Morgan fingerprint density at radius 2 is 0.672 bits per heavy atom. The van der Waals surface area contributed by atoms with Crippen LogP contribution in [-0.4, -0.2) is 97.8 Å². The Morgan fingerprint density at radius 1 is 0.362 bits per heavy atom. The summed E-state index contributed by atoms with van der Waals surface area (Å²) in [5, 5.41) is 0. The Hall–Kier alpha value is -1.02. The van der Waals surface area contributed by atoms with E-state index in [4.69, 9.17) is 42.6 Å². The zero-order valence-corrected chi connectivity index (χ0v) is 39.0. The highest BCUT2D eigenvalue weighted by Crippen LogP contribution is 2.45. The molecular weight excluding hydrogens is 741 g/mol. The highest BCUT2D eigenvalue weighted by Gasteiger charge is 2.53.